The minimum atomic E-state index is -1.15. The van der Waals surface area contributed by atoms with E-state index in [2.05, 4.69) is 0 Å². The van der Waals surface area contributed by atoms with Crippen LogP contribution in [0.3, 0.4) is 0 Å². The van der Waals surface area contributed by atoms with Crippen LogP contribution < -0.4 is 4.84 Å². The van der Waals surface area contributed by atoms with Crippen molar-refractivity contribution in [1.82, 2.24) is 9.96 Å². The van der Waals surface area contributed by atoms with E-state index >= 15 is 0 Å². The Morgan fingerprint density at radius 3 is 2.48 bits per heavy atom. The molecule has 1 aromatic rings. The molecule has 0 aromatic heterocycles. The summed E-state index contributed by atoms with van der Waals surface area (Å²) in [5, 5.41) is 10.2. The second kappa shape index (κ2) is 5.42. The monoisotopic (exact) mass is 316 g/mol. The van der Waals surface area contributed by atoms with Crippen LogP contribution >= 0.6 is 0 Å². The van der Waals surface area contributed by atoms with E-state index < -0.39 is 29.9 Å². The molecule has 0 aliphatic carbocycles. The van der Waals surface area contributed by atoms with Gasteiger partial charge in [-0.2, -0.15) is 5.06 Å². The van der Waals surface area contributed by atoms with Crippen molar-refractivity contribution in [2.75, 3.05) is 0 Å². The van der Waals surface area contributed by atoms with Crippen LogP contribution in [0.25, 0.3) is 0 Å². The van der Waals surface area contributed by atoms with Gasteiger partial charge < -0.3 is 9.94 Å². The lowest BCUT2D eigenvalue weighted by atomic mass is 9.88. The van der Waals surface area contributed by atoms with Crippen molar-refractivity contribution in [3.8, 4) is 5.75 Å². The molecule has 2 aliphatic heterocycles. The van der Waals surface area contributed by atoms with E-state index in [4.69, 9.17) is 9.94 Å². The maximum Gasteiger partial charge on any atom is 0.352 e. The van der Waals surface area contributed by atoms with Crippen LogP contribution in [0.2, 0.25) is 0 Å². The highest BCUT2D eigenvalue weighted by atomic mass is 16.7. The van der Waals surface area contributed by atoms with Gasteiger partial charge in [0.2, 0.25) is 0 Å². The molecule has 2 aliphatic rings. The van der Waals surface area contributed by atoms with Crippen molar-refractivity contribution in [3.05, 3.63) is 42.1 Å². The van der Waals surface area contributed by atoms with E-state index in [9.17, 15) is 14.4 Å². The number of fused-ring (bicyclic) bond motifs is 1. The summed E-state index contributed by atoms with van der Waals surface area (Å²) in [6.45, 7) is 3.12. The number of rotatable bonds is 4. The molecule has 0 radical (unpaired) electrons. The number of benzene rings is 1. The molecule has 1 aromatic carbocycles. The molecule has 2 amide bonds. The maximum absolute atomic E-state index is 12.4. The van der Waals surface area contributed by atoms with Gasteiger partial charge in [-0.25, -0.2) is 4.79 Å². The Hall–Kier alpha value is -2.83. The highest BCUT2D eigenvalue weighted by Gasteiger charge is 2.59. The van der Waals surface area contributed by atoms with Crippen LogP contribution in [0.5, 0.6) is 5.75 Å². The van der Waals surface area contributed by atoms with Crippen molar-refractivity contribution in [2.45, 2.75) is 25.9 Å². The van der Waals surface area contributed by atoms with E-state index in [0.29, 0.717) is 5.75 Å². The van der Waals surface area contributed by atoms with Gasteiger partial charge in [0.25, 0.3) is 11.8 Å². The van der Waals surface area contributed by atoms with Crippen molar-refractivity contribution in [3.63, 3.8) is 0 Å². The number of nitrogens with zero attached hydrogens (tertiary/aromatic N) is 2. The number of para-hydroxylation sites is 1. The largest absolute Gasteiger partial charge is 0.477 e. The number of aliphatic carboxylic acids is 1. The molecule has 0 spiro atoms. The molecule has 23 heavy (non-hydrogen) atoms. The van der Waals surface area contributed by atoms with Crippen molar-refractivity contribution >= 4 is 17.8 Å². The predicted molar refractivity (Wildman–Crippen MR) is 78.9 cm³/mol. The van der Waals surface area contributed by atoms with E-state index in [0.717, 1.165) is 5.06 Å². The number of hydrogen-bond acceptors (Lipinski definition) is 4. The summed E-state index contributed by atoms with van der Waals surface area (Å²) in [4.78, 5) is 42.3. The molecular formula is C16H16N2O5. The van der Waals surface area contributed by atoms with E-state index in [1.54, 1.807) is 24.3 Å². The Bertz CT molecular complexity index is 700. The second-order valence-corrected chi connectivity index (χ2v) is 5.61. The fraction of sp³-hybridized carbons (Fsp3) is 0.312. The van der Waals surface area contributed by atoms with Gasteiger partial charge in [0.05, 0.1) is 6.04 Å². The van der Waals surface area contributed by atoms with Gasteiger partial charge in [0, 0.05) is 12.8 Å². The topological polar surface area (TPSA) is 87.2 Å². The molecule has 3 rings (SSSR count). The average molecular weight is 316 g/mol. The van der Waals surface area contributed by atoms with Crippen LogP contribution in [0.4, 0.5) is 0 Å². The summed E-state index contributed by atoms with van der Waals surface area (Å²) in [5.41, 5.74) is -0.0352. The zero-order chi connectivity index (χ0) is 16.7. The summed E-state index contributed by atoms with van der Waals surface area (Å²) in [6.07, 6.45) is 1.53. The van der Waals surface area contributed by atoms with Gasteiger partial charge >= 0.3 is 5.97 Å². The normalized spacial score (nSPS) is 25.3. The van der Waals surface area contributed by atoms with Crippen molar-refractivity contribution in [2.24, 2.45) is 5.92 Å². The lowest BCUT2D eigenvalue weighted by Gasteiger charge is -2.48. The highest BCUT2D eigenvalue weighted by Crippen LogP contribution is 2.40. The SMILES string of the molecule is CC(=O)N(Oc1ccccc1)[C@@H]1C(=O)N2C(C(=O)O)=C[C@@H](C)[C@H]12. The number of carboxylic acids is 1. The lowest BCUT2D eigenvalue weighted by Crippen LogP contribution is -2.71. The molecule has 1 saturated heterocycles. The molecule has 120 valence electrons. The third-order valence-corrected chi connectivity index (χ3v) is 4.06. The molecule has 7 nitrogen and oxygen atoms in total. The smallest absolute Gasteiger partial charge is 0.352 e. The van der Waals surface area contributed by atoms with E-state index in [1.807, 2.05) is 13.0 Å². The number of carboxylic acid groups (broad SMARTS) is 1. The summed E-state index contributed by atoms with van der Waals surface area (Å²) < 4.78 is 0. The Morgan fingerprint density at radius 1 is 1.26 bits per heavy atom. The van der Waals surface area contributed by atoms with Gasteiger partial charge in [-0.3, -0.25) is 14.5 Å². The first-order chi connectivity index (χ1) is 10.9. The molecule has 0 saturated carbocycles. The Balaban J connectivity index is 1.84. The minimum Gasteiger partial charge on any atom is -0.477 e. The van der Waals surface area contributed by atoms with Gasteiger partial charge in [0.1, 0.15) is 5.70 Å². The van der Waals surface area contributed by atoms with Gasteiger partial charge in [-0.15, -0.1) is 0 Å². The molecular weight excluding hydrogens is 300 g/mol. The Kier molecular flexibility index (Phi) is 3.55. The van der Waals surface area contributed by atoms with Crippen LogP contribution in [-0.2, 0) is 14.4 Å². The van der Waals surface area contributed by atoms with Gasteiger partial charge in [-0.1, -0.05) is 25.1 Å². The molecule has 1 N–H and O–H groups in total. The molecule has 3 atom stereocenters. The lowest BCUT2D eigenvalue weighted by molar-refractivity contribution is -0.194. The third-order valence-electron chi connectivity index (χ3n) is 4.06. The molecule has 2 heterocycles. The predicted octanol–water partition coefficient (Wildman–Crippen LogP) is 1.03. The first-order valence-electron chi connectivity index (χ1n) is 7.23. The standard InChI is InChI=1S/C16H16N2O5/c1-9-8-12(16(21)22)17-13(9)14(15(17)20)18(10(2)19)23-11-6-4-3-5-7-11/h3-9,13-14H,1-2H3,(H,21,22)/t9-,13-,14+/m1/s1. The van der Waals surface area contributed by atoms with Crippen LogP contribution in [-0.4, -0.2) is 44.9 Å². The first kappa shape index (κ1) is 15.1. The quantitative estimate of drug-likeness (QED) is 0.662. The van der Waals surface area contributed by atoms with E-state index in [1.165, 1.54) is 17.9 Å². The van der Waals surface area contributed by atoms with Crippen LogP contribution in [0.1, 0.15) is 13.8 Å². The second-order valence-electron chi connectivity index (χ2n) is 5.61. The first-order valence-corrected chi connectivity index (χ1v) is 7.23. The molecule has 1 fully saturated rings. The summed E-state index contributed by atoms with van der Waals surface area (Å²) in [5.74, 6) is -1.75. The van der Waals surface area contributed by atoms with Crippen molar-refractivity contribution < 1.29 is 24.3 Å². The molecule has 0 bridgehead atoms. The zero-order valence-electron chi connectivity index (χ0n) is 12.7. The average Bonchev–Trinajstić information content (AvgIpc) is 2.81. The summed E-state index contributed by atoms with van der Waals surface area (Å²) in [6, 6.07) is 7.43. The third kappa shape index (κ3) is 2.34. The minimum absolute atomic E-state index is 0.0352. The number of carbonyl (C=O) groups excluding carboxylic acids is 2. The highest BCUT2D eigenvalue weighted by molar-refractivity contribution is 6.01. The van der Waals surface area contributed by atoms with Crippen molar-refractivity contribution in [1.29, 1.82) is 0 Å². The van der Waals surface area contributed by atoms with Crippen LogP contribution in [0.15, 0.2) is 42.1 Å². The Morgan fingerprint density at radius 2 is 1.91 bits per heavy atom. The number of amides is 2. The van der Waals surface area contributed by atoms with Gasteiger partial charge in [-0.05, 0) is 18.2 Å². The van der Waals surface area contributed by atoms with E-state index in [-0.39, 0.29) is 11.6 Å². The summed E-state index contributed by atoms with van der Waals surface area (Å²) in [7, 11) is 0. The van der Waals surface area contributed by atoms with Gasteiger partial charge in [0.15, 0.2) is 11.8 Å². The summed E-state index contributed by atoms with van der Waals surface area (Å²) >= 11 is 0. The fourth-order valence-electron chi connectivity index (χ4n) is 3.05. The zero-order valence-corrected chi connectivity index (χ0v) is 12.7. The number of hydroxylamine groups is 2. The number of β-lactam (4-membered cyclic amide) rings is 1. The van der Waals surface area contributed by atoms with Crippen LogP contribution in [0, 0.1) is 5.92 Å². The maximum atomic E-state index is 12.4. The molecule has 0 unspecified atom stereocenters. The molecule has 7 heteroatoms. The Labute approximate surface area is 132 Å². The fourth-order valence-corrected chi connectivity index (χ4v) is 3.05. The number of carbonyl (C=O) groups is 3. The number of hydrogen-bond donors (Lipinski definition) is 1.